The second kappa shape index (κ2) is 3.76. The molecule has 0 aliphatic heterocycles. The molecule has 0 amide bonds. The van der Waals surface area contributed by atoms with E-state index in [1.54, 1.807) is 12.1 Å². The molecular weight excluding hydrogens is 178 g/mol. The van der Waals surface area contributed by atoms with Gasteiger partial charge in [-0.25, -0.2) is 8.78 Å². The van der Waals surface area contributed by atoms with E-state index in [1.807, 2.05) is 0 Å². The number of alkyl halides is 2. The summed E-state index contributed by atoms with van der Waals surface area (Å²) in [5, 5.41) is 8.37. The van der Waals surface area contributed by atoms with E-state index in [9.17, 15) is 8.78 Å². The Kier molecular flexibility index (Phi) is 2.90. The number of hydrogen-bond acceptors (Lipinski definition) is 3. The Balaban J connectivity index is 2.85. The van der Waals surface area contributed by atoms with E-state index in [0.717, 1.165) is 0 Å². The molecule has 0 saturated heterocycles. The predicted molar refractivity (Wildman–Crippen MR) is 43.2 cm³/mol. The maximum Gasteiger partial charge on any atom is 0.291 e. The van der Waals surface area contributed by atoms with Crippen LogP contribution in [0.3, 0.4) is 0 Å². The third-order valence-corrected chi connectivity index (χ3v) is 1.67. The van der Waals surface area contributed by atoms with Crippen molar-refractivity contribution in [1.29, 1.82) is 0 Å². The van der Waals surface area contributed by atoms with Gasteiger partial charge in [0.05, 0.1) is 5.69 Å². The minimum Gasteiger partial charge on any atom is -0.390 e. The van der Waals surface area contributed by atoms with E-state index < -0.39 is 18.6 Å². The van der Waals surface area contributed by atoms with Crippen molar-refractivity contribution in [3.63, 3.8) is 0 Å². The van der Waals surface area contributed by atoms with Crippen LogP contribution in [0.4, 0.5) is 8.78 Å². The highest BCUT2D eigenvalue weighted by atomic mass is 19.3. The standard InChI is InChI=1S/C8H10F2N2O/c9-8(10,5-13)7(11)6-3-1-2-4-12-6/h1-4,7,13H,5,11H2/t7-/m0/s1. The van der Waals surface area contributed by atoms with E-state index in [0.29, 0.717) is 0 Å². The van der Waals surface area contributed by atoms with Crippen LogP contribution in [0, 0.1) is 0 Å². The lowest BCUT2D eigenvalue weighted by Crippen LogP contribution is -2.36. The first-order valence-electron chi connectivity index (χ1n) is 3.73. The Labute approximate surface area is 74.2 Å². The molecule has 1 heterocycles. The van der Waals surface area contributed by atoms with Crippen molar-refractivity contribution in [1.82, 2.24) is 4.98 Å². The molecule has 5 heteroatoms. The van der Waals surface area contributed by atoms with Gasteiger partial charge in [0.2, 0.25) is 0 Å². The molecule has 0 unspecified atom stereocenters. The molecule has 0 bridgehead atoms. The summed E-state index contributed by atoms with van der Waals surface area (Å²) in [6.07, 6.45) is 1.38. The lowest BCUT2D eigenvalue weighted by atomic mass is 10.1. The summed E-state index contributed by atoms with van der Waals surface area (Å²) < 4.78 is 25.6. The molecule has 13 heavy (non-hydrogen) atoms. The fourth-order valence-electron chi connectivity index (χ4n) is 0.875. The molecular formula is C8H10F2N2O. The maximum absolute atomic E-state index is 12.8. The van der Waals surface area contributed by atoms with Crippen LogP contribution in [0.1, 0.15) is 11.7 Å². The van der Waals surface area contributed by atoms with Crippen molar-refractivity contribution in [2.75, 3.05) is 6.61 Å². The van der Waals surface area contributed by atoms with Crippen LogP contribution >= 0.6 is 0 Å². The highest BCUT2D eigenvalue weighted by Gasteiger charge is 2.37. The average molecular weight is 188 g/mol. The molecule has 1 atom stereocenters. The highest BCUT2D eigenvalue weighted by molar-refractivity contribution is 5.11. The number of nitrogens with zero attached hydrogens (tertiary/aromatic N) is 1. The van der Waals surface area contributed by atoms with Crippen molar-refractivity contribution in [2.45, 2.75) is 12.0 Å². The van der Waals surface area contributed by atoms with Crippen LogP contribution in [-0.2, 0) is 0 Å². The Bertz CT molecular complexity index is 266. The number of halogens is 2. The van der Waals surface area contributed by atoms with Crippen molar-refractivity contribution in [3.8, 4) is 0 Å². The van der Waals surface area contributed by atoms with Crippen LogP contribution in [0.2, 0.25) is 0 Å². The monoisotopic (exact) mass is 188 g/mol. The number of hydrogen-bond donors (Lipinski definition) is 2. The summed E-state index contributed by atoms with van der Waals surface area (Å²) in [6, 6.07) is 3.01. The number of nitrogens with two attached hydrogens (primary N) is 1. The van der Waals surface area contributed by atoms with Gasteiger partial charge in [-0.05, 0) is 12.1 Å². The normalized spacial score (nSPS) is 14.2. The molecule has 0 fully saturated rings. The molecule has 1 aromatic rings. The summed E-state index contributed by atoms with van der Waals surface area (Å²) >= 11 is 0. The third kappa shape index (κ3) is 2.19. The van der Waals surface area contributed by atoms with Crippen LogP contribution in [0.15, 0.2) is 24.4 Å². The molecule has 0 radical (unpaired) electrons. The number of rotatable bonds is 3. The molecule has 72 valence electrons. The minimum atomic E-state index is -3.33. The van der Waals surface area contributed by atoms with E-state index in [-0.39, 0.29) is 5.69 Å². The van der Waals surface area contributed by atoms with Gasteiger partial charge in [0, 0.05) is 6.20 Å². The Hall–Kier alpha value is -1.07. The van der Waals surface area contributed by atoms with Gasteiger partial charge in [0.15, 0.2) is 0 Å². The molecule has 0 aromatic carbocycles. The number of aromatic nitrogens is 1. The molecule has 3 N–H and O–H groups in total. The lowest BCUT2D eigenvalue weighted by Gasteiger charge is -2.20. The molecule has 3 nitrogen and oxygen atoms in total. The number of aliphatic hydroxyl groups excluding tert-OH is 1. The minimum absolute atomic E-state index is 0.0709. The van der Waals surface area contributed by atoms with E-state index in [4.69, 9.17) is 10.8 Å². The first-order valence-corrected chi connectivity index (χ1v) is 3.73. The quantitative estimate of drug-likeness (QED) is 0.734. The van der Waals surface area contributed by atoms with Gasteiger partial charge in [0.1, 0.15) is 12.6 Å². The van der Waals surface area contributed by atoms with E-state index >= 15 is 0 Å². The maximum atomic E-state index is 12.8. The SMILES string of the molecule is N[C@@H](c1ccccn1)C(F)(F)CO. The van der Waals surface area contributed by atoms with Gasteiger partial charge >= 0.3 is 0 Å². The third-order valence-electron chi connectivity index (χ3n) is 1.67. The zero-order chi connectivity index (χ0) is 9.90. The lowest BCUT2D eigenvalue weighted by molar-refractivity contribution is -0.0721. The Morgan fingerprint density at radius 3 is 2.69 bits per heavy atom. The second-order valence-electron chi connectivity index (χ2n) is 2.65. The summed E-state index contributed by atoms with van der Waals surface area (Å²) in [5.74, 6) is -3.33. The van der Waals surface area contributed by atoms with Crippen molar-refractivity contribution in [2.24, 2.45) is 5.73 Å². The van der Waals surface area contributed by atoms with Gasteiger partial charge in [-0.15, -0.1) is 0 Å². The molecule has 0 saturated carbocycles. The Morgan fingerprint density at radius 1 is 1.54 bits per heavy atom. The smallest absolute Gasteiger partial charge is 0.291 e. The summed E-state index contributed by atoms with van der Waals surface area (Å²) in [4.78, 5) is 3.68. The zero-order valence-corrected chi connectivity index (χ0v) is 6.82. The summed E-state index contributed by atoms with van der Waals surface area (Å²) in [5.41, 5.74) is 5.28. The van der Waals surface area contributed by atoms with Gasteiger partial charge < -0.3 is 10.8 Å². The van der Waals surface area contributed by atoms with Crippen LogP contribution in [0.25, 0.3) is 0 Å². The molecule has 1 aromatic heterocycles. The Morgan fingerprint density at radius 2 is 2.23 bits per heavy atom. The van der Waals surface area contributed by atoms with Crippen LogP contribution in [0.5, 0.6) is 0 Å². The van der Waals surface area contributed by atoms with Crippen molar-refractivity contribution < 1.29 is 13.9 Å². The first-order chi connectivity index (χ1) is 6.08. The van der Waals surface area contributed by atoms with Crippen molar-refractivity contribution in [3.05, 3.63) is 30.1 Å². The van der Waals surface area contributed by atoms with Crippen molar-refractivity contribution >= 4 is 0 Å². The molecule has 0 aliphatic carbocycles. The van der Waals surface area contributed by atoms with Gasteiger partial charge in [-0.3, -0.25) is 4.98 Å². The fourth-order valence-corrected chi connectivity index (χ4v) is 0.875. The second-order valence-corrected chi connectivity index (χ2v) is 2.65. The largest absolute Gasteiger partial charge is 0.390 e. The topological polar surface area (TPSA) is 59.1 Å². The fraction of sp³-hybridized carbons (Fsp3) is 0.375. The van der Waals surface area contributed by atoms with Crippen LogP contribution < -0.4 is 5.73 Å². The zero-order valence-electron chi connectivity index (χ0n) is 6.82. The molecule has 1 rings (SSSR count). The summed E-state index contributed by atoms with van der Waals surface area (Å²) in [6.45, 7) is -1.27. The highest BCUT2D eigenvalue weighted by Crippen LogP contribution is 2.26. The first kappa shape index (κ1) is 10.0. The number of pyridine rings is 1. The predicted octanol–water partition coefficient (Wildman–Crippen LogP) is 0.709. The summed E-state index contributed by atoms with van der Waals surface area (Å²) in [7, 11) is 0. The van der Waals surface area contributed by atoms with Crippen LogP contribution in [-0.4, -0.2) is 22.6 Å². The molecule has 0 aliphatic rings. The number of aliphatic hydroxyl groups is 1. The average Bonchev–Trinajstić information content (AvgIpc) is 2.18. The van der Waals surface area contributed by atoms with Gasteiger partial charge in [0.25, 0.3) is 5.92 Å². The van der Waals surface area contributed by atoms with E-state index in [2.05, 4.69) is 4.98 Å². The van der Waals surface area contributed by atoms with Gasteiger partial charge in [-0.1, -0.05) is 6.07 Å². The van der Waals surface area contributed by atoms with E-state index in [1.165, 1.54) is 12.3 Å². The van der Waals surface area contributed by atoms with Gasteiger partial charge in [-0.2, -0.15) is 0 Å². The molecule has 0 spiro atoms.